The van der Waals surface area contributed by atoms with Crippen molar-refractivity contribution in [1.82, 2.24) is 10.5 Å². The molecule has 1 aromatic heterocycles. The maximum atomic E-state index is 11.2. The molecule has 5 nitrogen and oxygen atoms in total. The molecule has 1 heterocycles. The monoisotopic (exact) mass is 168 g/mol. The van der Waals surface area contributed by atoms with E-state index >= 15 is 0 Å². The van der Waals surface area contributed by atoms with Gasteiger partial charge in [0.25, 0.3) is 11.8 Å². The van der Waals surface area contributed by atoms with Gasteiger partial charge in [0.1, 0.15) is 0 Å². The summed E-state index contributed by atoms with van der Waals surface area (Å²) in [5.74, 6) is -0.527. The van der Waals surface area contributed by atoms with Crippen molar-refractivity contribution in [2.45, 2.75) is 18.9 Å². The minimum atomic E-state index is -0.315. The van der Waals surface area contributed by atoms with Gasteiger partial charge in [0, 0.05) is 6.04 Å². The van der Waals surface area contributed by atoms with E-state index in [-0.39, 0.29) is 23.6 Å². The summed E-state index contributed by atoms with van der Waals surface area (Å²) >= 11 is 0. The molecule has 1 fully saturated rings. The van der Waals surface area contributed by atoms with Gasteiger partial charge in [-0.2, -0.15) is 0 Å². The fraction of sp³-hybridized carbons (Fsp3) is 0.429. The smallest absolute Gasteiger partial charge is 0.290 e. The third-order valence-electron chi connectivity index (χ3n) is 1.63. The molecule has 2 rings (SSSR count). The van der Waals surface area contributed by atoms with Crippen LogP contribution in [0.25, 0.3) is 0 Å². The lowest BCUT2D eigenvalue weighted by molar-refractivity contribution is 0.0914. The van der Waals surface area contributed by atoms with E-state index in [4.69, 9.17) is 5.11 Å². The fourth-order valence-corrected chi connectivity index (χ4v) is 0.857. The van der Waals surface area contributed by atoms with Gasteiger partial charge in [-0.3, -0.25) is 4.79 Å². The van der Waals surface area contributed by atoms with E-state index < -0.39 is 0 Å². The number of hydrogen-bond acceptors (Lipinski definition) is 4. The minimum absolute atomic E-state index is 0.0550. The number of carbonyl (C=O) groups is 1. The lowest BCUT2D eigenvalue weighted by Crippen LogP contribution is -2.24. The normalized spacial score (nSPS) is 16.0. The van der Waals surface area contributed by atoms with Crippen molar-refractivity contribution >= 4 is 5.91 Å². The average Bonchev–Trinajstić information content (AvgIpc) is 2.72. The first kappa shape index (κ1) is 7.15. The Balaban J connectivity index is 2.03. The standard InChI is InChI=1S/C7H8N2O3/c10-6-3-5(12-9-6)7(11)8-4-1-2-4/h3-4H,1-2H2,(H,8,11)(H,9,10). The molecule has 0 bridgehead atoms. The van der Waals surface area contributed by atoms with Crippen molar-refractivity contribution in [2.75, 3.05) is 0 Å². The van der Waals surface area contributed by atoms with Gasteiger partial charge in [-0.25, -0.2) is 0 Å². The predicted molar refractivity (Wildman–Crippen MR) is 38.7 cm³/mol. The van der Waals surface area contributed by atoms with E-state index in [1.165, 1.54) is 6.07 Å². The van der Waals surface area contributed by atoms with E-state index in [1.54, 1.807) is 0 Å². The summed E-state index contributed by atoms with van der Waals surface area (Å²) in [5.41, 5.74) is 0. The van der Waals surface area contributed by atoms with E-state index in [9.17, 15) is 4.79 Å². The highest BCUT2D eigenvalue weighted by atomic mass is 16.5. The van der Waals surface area contributed by atoms with E-state index in [2.05, 4.69) is 15.0 Å². The number of nitrogens with zero attached hydrogens (tertiary/aromatic N) is 1. The molecule has 1 amide bonds. The Bertz CT molecular complexity index is 303. The highest BCUT2D eigenvalue weighted by Crippen LogP contribution is 2.19. The molecule has 0 aliphatic heterocycles. The Kier molecular flexibility index (Phi) is 1.49. The molecule has 64 valence electrons. The molecule has 1 aromatic rings. The summed E-state index contributed by atoms with van der Waals surface area (Å²) in [6, 6.07) is 1.47. The fourth-order valence-electron chi connectivity index (χ4n) is 0.857. The molecule has 2 N–H and O–H groups in total. The number of aromatic nitrogens is 1. The van der Waals surface area contributed by atoms with E-state index in [0.29, 0.717) is 0 Å². The number of carbonyl (C=O) groups excluding carboxylic acids is 1. The van der Waals surface area contributed by atoms with Gasteiger partial charge in [0.05, 0.1) is 6.07 Å². The quantitative estimate of drug-likeness (QED) is 0.664. The first-order valence-electron chi connectivity index (χ1n) is 3.72. The van der Waals surface area contributed by atoms with Crippen molar-refractivity contribution in [3.8, 4) is 5.88 Å². The number of aromatic hydroxyl groups is 1. The van der Waals surface area contributed by atoms with Crippen LogP contribution in [0.4, 0.5) is 0 Å². The zero-order chi connectivity index (χ0) is 8.55. The van der Waals surface area contributed by atoms with Gasteiger partial charge in [-0.05, 0) is 18.0 Å². The number of rotatable bonds is 2. The molecule has 1 aliphatic carbocycles. The SMILES string of the molecule is O=C(NC1CC1)c1cc(O)no1. The summed E-state index contributed by atoms with van der Waals surface area (Å²) in [4.78, 5) is 11.2. The maximum Gasteiger partial charge on any atom is 0.290 e. The molecule has 0 atom stereocenters. The average molecular weight is 168 g/mol. The number of nitrogens with one attached hydrogen (secondary N) is 1. The third kappa shape index (κ3) is 1.39. The molecule has 0 unspecified atom stereocenters. The van der Waals surface area contributed by atoms with Crippen LogP contribution in [0.2, 0.25) is 0 Å². The first-order valence-corrected chi connectivity index (χ1v) is 3.72. The molecule has 0 spiro atoms. The molecule has 1 aliphatic rings. The lowest BCUT2D eigenvalue weighted by atomic mass is 10.4. The van der Waals surface area contributed by atoms with Crippen molar-refractivity contribution in [2.24, 2.45) is 0 Å². The van der Waals surface area contributed by atoms with Crippen LogP contribution < -0.4 is 5.32 Å². The second-order valence-electron chi connectivity index (χ2n) is 2.80. The van der Waals surface area contributed by atoms with Crippen LogP contribution in [-0.2, 0) is 0 Å². The van der Waals surface area contributed by atoms with Crippen LogP contribution in [0.1, 0.15) is 23.4 Å². The molecule has 12 heavy (non-hydrogen) atoms. The van der Waals surface area contributed by atoms with Crippen molar-refractivity contribution in [3.05, 3.63) is 11.8 Å². The first-order chi connectivity index (χ1) is 5.75. The minimum Gasteiger partial charge on any atom is -0.491 e. The second-order valence-corrected chi connectivity index (χ2v) is 2.80. The molecular weight excluding hydrogens is 160 g/mol. The number of amides is 1. The van der Waals surface area contributed by atoms with E-state index in [1.807, 2.05) is 0 Å². The van der Waals surface area contributed by atoms with Gasteiger partial charge in [-0.1, -0.05) is 0 Å². The van der Waals surface area contributed by atoms with Gasteiger partial charge in [-0.15, -0.1) is 0 Å². The summed E-state index contributed by atoms with van der Waals surface area (Å²) < 4.78 is 4.54. The summed E-state index contributed by atoms with van der Waals surface area (Å²) in [6.45, 7) is 0. The highest BCUT2D eigenvalue weighted by Gasteiger charge is 2.25. The topological polar surface area (TPSA) is 75.4 Å². The largest absolute Gasteiger partial charge is 0.491 e. The molecule has 5 heteroatoms. The summed E-state index contributed by atoms with van der Waals surface area (Å²) in [7, 11) is 0. The molecule has 0 aromatic carbocycles. The Morgan fingerprint density at radius 1 is 1.75 bits per heavy atom. The second kappa shape index (κ2) is 2.51. The van der Waals surface area contributed by atoms with Gasteiger partial charge in [0.15, 0.2) is 0 Å². The molecule has 0 radical (unpaired) electrons. The third-order valence-corrected chi connectivity index (χ3v) is 1.63. The van der Waals surface area contributed by atoms with Crippen molar-refractivity contribution < 1.29 is 14.4 Å². The van der Waals surface area contributed by atoms with Crippen LogP contribution in [-0.4, -0.2) is 22.2 Å². The summed E-state index contributed by atoms with van der Waals surface area (Å²) in [6.07, 6.45) is 2.04. The molecular formula is C7H8N2O3. The lowest BCUT2D eigenvalue weighted by Gasteiger charge is -1.96. The molecule has 1 saturated carbocycles. The van der Waals surface area contributed by atoms with Gasteiger partial charge < -0.3 is 14.9 Å². The van der Waals surface area contributed by atoms with E-state index in [0.717, 1.165) is 12.8 Å². The van der Waals surface area contributed by atoms with Crippen molar-refractivity contribution in [3.63, 3.8) is 0 Å². The van der Waals surface area contributed by atoms with Crippen LogP contribution in [0.5, 0.6) is 5.88 Å². The van der Waals surface area contributed by atoms with Crippen LogP contribution in [0.15, 0.2) is 10.6 Å². The van der Waals surface area contributed by atoms with Crippen LogP contribution in [0, 0.1) is 0 Å². The summed E-state index contributed by atoms with van der Waals surface area (Å²) in [5, 5.41) is 14.7. The zero-order valence-corrected chi connectivity index (χ0v) is 6.28. The Labute approximate surface area is 68.4 Å². The zero-order valence-electron chi connectivity index (χ0n) is 6.28. The Morgan fingerprint density at radius 3 is 3.00 bits per heavy atom. The van der Waals surface area contributed by atoms with Gasteiger partial charge in [0.2, 0.25) is 5.76 Å². The van der Waals surface area contributed by atoms with Gasteiger partial charge >= 0.3 is 0 Å². The molecule has 0 saturated heterocycles. The van der Waals surface area contributed by atoms with Crippen LogP contribution >= 0.6 is 0 Å². The van der Waals surface area contributed by atoms with Crippen LogP contribution in [0.3, 0.4) is 0 Å². The van der Waals surface area contributed by atoms with Crippen molar-refractivity contribution in [1.29, 1.82) is 0 Å². The predicted octanol–water partition coefficient (Wildman–Crippen LogP) is 0.272. The highest BCUT2D eigenvalue weighted by molar-refractivity contribution is 5.91. The Morgan fingerprint density at radius 2 is 2.50 bits per heavy atom. The maximum absolute atomic E-state index is 11.2. The Hall–Kier alpha value is -1.52. The number of hydrogen-bond donors (Lipinski definition) is 2.